The first kappa shape index (κ1) is 12.5. The van der Waals surface area contributed by atoms with E-state index in [1.54, 1.807) is 6.92 Å². The van der Waals surface area contributed by atoms with Gasteiger partial charge in [0.2, 0.25) is 0 Å². The van der Waals surface area contributed by atoms with Crippen LogP contribution in [0.2, 0.25) is 0 Å². The Morgan fingerprint density at radius 2 is 2.13 bits per heavy atom. The Bertz CT molecular complexity index is 344. The quantitative estimate of drug-likeness (QED) is 0.860. The van der Waals surface area contributed by atoms with Gasteiger partial charge in [-0.2, -0.15) is 0 Å². The van der Waals surface area contributed by atoms with E-state index in [1.165, 1.54) is 6.07 Å². The monoisotopic (exact) mass is 280 g/mol. The van der Waals surface area contributed by atoms with Gasteiger partial charge in [0.05, 0.1) is 11.1 Å². The highest BCUT2D eigenvalue weighted by Crippen LogP contribution is 2.27. The van der Waals surface area contributed by atoms with Crippen LogP contribution in [-0.4, -0.2) is 18.3 Å². The number of hydrogen-bond acceptors (Lipinski definition) is 2. The summed E-state index contributed by atoms with van der Waals surface area (Å²) in [6, 6.07) is 2.30. The summed E-state index contributed by atoms with van der Waals surface area (Å²) in [4.78, 5) is 0. The van der Waals surface area contributed by atoms with Crippen LogP contribution in [0.3, 0.4) is 0 Å². The van der Waals surface area contributed by atoms with Crippen molar-refractivity contribution in [1.82, 2.24) is 0 Å². The number of hydrogen-bond donors (Lipinski definition) is 1. The SMILES string of the molecule is CCOCC(O)c1ccc(F)c(F)c1Br. The first-order chi connectivity index (χ1) is 7.07. The van der Waals surface area contributed by atoms with Gasteiger partial charge in [0.15, 0.2) is 11.6 Å². The maximum Gasteiger partial charge on any atom is 0.173 e. The first-order valence-electron chi connectivity index (χ1n) is 4.47. The molecule has 0 aliphatic rings. The summed E-state index contributed by atoms with van der Waals surface area (Å²) >= 11 is 2.89. The van der Waals surface area contributed by atoms with E-state index in [0.717, 1.165) is 6.07 Å². The van der Waals surface area contributed by atoms with Crippen LogP contribution in [-0.2, 0) is 4.74 Å². The second-order valence-electron chi connectivity index (χ2n) is 2.94. The Morgan fingerprint density at radius 3 is 2.73 bits per heavy atom. The molecule has 1 rings (SSSR count). The lowest BCUT2D eigenvalue weighted by Gasteiger charge is -2.13. The molecule has 0 radical (unpaired) electrons. The van der Waals surface area contributed by atoms with Crippen LogP contribution in [0.15, 0.2) is 16.6 Å². The van der Waals surface area contributed by atoms with Gasteiger partial charge in [-0.1, -0.05) is 6.07 Å². The Balaban J connectivity index is 2.90. The lowest BCUT2D eigenvalue weighted by atomic mass is 10.1. The van der Waals surface area contributed by atoms with Gasteiger partial charge in [-0.05, 0) is 28.9 Å². The summed E-state index contributed by atoms with van der Waals surface area (Å²) < 4.78 is 30.8. The van der Waals surface area contributed by atoms with Gasteiger partial charge in [-0.25, -0.2) is 8.78 Å². The standard InChI is InChI=1S/C10H11BrF2O2/c1-2-15-5-8(14)6-3-4-7(12)10(13)9(6)11/h3-4,8,14H,2,5H2,1H3. The van der Waals surface area contributed by atoms with Crippen molar-refractivity contribution in [3.05, 3.63) is 33.8 Å². The van der Waals surface area contributed by atoms with Gasteiger partial charge in [0, 0.05) is 12.2 Å². The minimum absolute atomic E-state index is 0.0557. The molecule has 0 bridgehead atoms. The minimum atomic E-state index is -0.997. The molecule has 5 heteroatoms. The van der Waals surface area contributed by atoms with Crippen molar-refractivity contribution in [2.45, 2.75) is 13.0 Å². The number of ether oxygens (including phenoxy) is 1. The zero-order valence-corrected chi connectivity index (χ0v) is 9.72. The maximum atomic E-state index is 13.1. The topological polar surface area (TPSA) is 29.5 Å². The Hall–Kier alpha value is -0.520. The smallest absolute Gasteiger partial charge is 0.173 e. The molecular weight excluding hydrogens is 270 g/mol. The fourth-order valence-electron chi connectivity index (χ4n) is 1.12. The molecule has 0 amide bonds. The van der Waals surface area contributed by atoms with Crippen LogP contribution in [0.1, 0.15) is 18.6 Å². The van der Waals surface area contributed by atoms with E-state index in [-0.39, 0.29) is 16.6 Å². The highest BCUT2D eigenvalue weighted by atomic mass is 79.9. The van der Waals surface area contributed by atoms with E-state index in [1.807, 2.05) is 0 Å². The van der Waals surface area contributed by atoms with Gasteiger partial charge in [-0.15, -0.1) is 0 Å². The normalized spacial score (nSPS) is 12.9. The van der Waals surface area contributed by atoms with Crippen molar-refractivity contribution in [2.24, 2.45) is 0 Å². The molecule has 1 aromatic rings. The third kappa shape index (κ3) is 2.96. The van der Waals surface area contributed by atoms with E-state index < -0.39 is 17.7 Å². The lowest BCUT2D eigenvalue weighted by molar-refractivity contribution is 0.0414. The summed E-state index contributed by atoms with van der Waals surface area (Å²) in [5, 5.41) is 9.60. The van der Waals surface area contributed by atoms with E-state index in [0.29, 0.717) is 6.61 Å². The molecule has 0 saturated carbocycles. The summed E-state index contributed by atoms with van der Waals surface area (Å²) in [6.45, 7) is 2.30. The van der Waals surface area contributed by atoms with Gasteiger partial charge < -0.3 is 9.84 Å². The molecule has 1 aromatic carbocycles. The van der Waals surface area contributed by atoms with Gasteiger partial charge in [0.25, 0.3) is 0 Å². The summed E-state index contributed by atoms with van der Waals surface area (Å²) in [5.74, 6) is -1.95. The highest BCUT2D eigenvalue weighted by molar-refractivity contribution is 9.10. The Labute approximate surface area is 95.0 Å². The molecule has 1 unspecified atom stereocenters. The zero-order chi connectivity index (χ0) is 11.4. The molecule has 0 aliphatic carbocycles. The van der Waals surface area contributed by atoms with Gasteiger partial charge in [-0.3, -0.25) is 0 Å². The second-order valence-corrected chi connectivity index (χ2v) is 3.73. The van der Waals surface area contributed by atoms with Crippen LogP contribution in [0, 0.1) is 11.6 Å². The second kappa shape index (κ2) is 5.53. The van der Waals surface area contributed by atoms with Crippen molar-refractivity contribution in [2.75, 3.05) is 13.2 Å². The molecular formula is C10H11BrF2O2. The molecule has 84 valence electrons. The average Bonchev–Trinajstić information content (AvgIpc) is 2.23. The number of aliphatic hydroxyl groups is 1. The number of benzene rings is 1. The molecule has 0 saturated heterocycles. The molecule has 1 N–H and O–H groups in total. The fraction of sp³-hybridized carbons (Fsp3) is 0.400. The number of aliphatic hydroxyl groups excluding tert-OH is 1. The van der Waals surface area contributed by atoms with Gasteiger partial charge in [0.1, 0.15) is 6.10 Å². The fourth-order valence-corrected chi connectivity index (χ4v) is 1.70. The summed E-state index contributed by atoms with van der Waals surface area (Å²) in [5.41, 5.74) is 0.280. The molecule has 0 heterocycles. The van der Waals surface area contributed by atoms with Crippen molar-refractivity contribution in [3.63, 3.8) is 0 Å². The Morgan fingerprint density at radius 1 is 1.47 bits per heavy atom. The number of rotatable bonds is 4. The van der Waals surface area contributed by atoms with E-state index in [4.69, 9.17) is 4.74 Å². The van der Waals surface area contributed by atoms with E-state index in [9.17, 15) is 13.9 Å². The summed E-state index contributed by atoms with van der Waals surface area (Å²) in [6.07, 6.45) is -0.963. The van der Waals surface area contributed by atoms with Crippen molar-refractivity contribution in [1.29, 1.82) is 0 Å². The van der Waals surface area contributed by atoms with Crippen molar-refractivity contribution >= 4 is 15.9 Å². The third-order valence-corrected chi connectivity index (χ3v) is 2.71. The van der Waals surface area contributed by atoms with Crippen LogP contribution in [0.25, 0.3) is 0 Å². The predicted molar refractivity (Wildman–Crippen MR) is 55.5 cm³/mol. The maximum absolute atomic E-state index is 13.1. The molecule has 2 nitrogen and oxygen atoms in total. The predicted octanol–water partition coefficient (Wildman–Crippen LogP) is 2.80. The van der Waals surface area contributed by atoms with Crippen LogP contribution < -0.4 is 0 Å². The van der Waals surface area contributed by atoms with Gasteiger partial charge >= 0.3 is 0 Å². The molecule has 15 heavy (non-hydrogen) atoms. The molecule has 0 spiro atoms. The first-order valence-corrected chi connectivity index (χ1v) is 5.26. The lowest BCUT2D eigenvalue weighted by Crippen LogP contribution is -2.08. The molecule has 1 atom stereocenters. The average molecular weight is 281 g/mol. The minimum Gasteiger partial charge on any atom is -0.386 e. The molecule has 0 aliphatic heterocycles. The number of halogens is 3. The third-order valence-electron chi connectivity index (χ3n) is 1.90. The van der Waals surface area contributed by atoms with Crippen LogP contribution in [0.4, 0.5) is 8.78 Å². The van der Waals surface area contributed by atoms with Crippen molar-refractivity contribution in [3.8, 4) is 0 Å². The Kier molecular flexibility index (Phi) is 4.63. The van der Waals surface area contributed by atoms with Crippen LogP contribution in [0.5, 0.6) is 0 Å². The molecule has 0 fully saturated rings. The highest BCUT2D eigenvalue weighted by Gasteiger charge is 2.16. The van der Waals surface area contributed by atoms with E-state index in [2.05, 4.69) is 15.9 Å². The van der Waals surface area contributed by atoms with Crippen LogP contribution >= 0.6 is 15.9 Å². The van der Waals surface area contributed by atoms with E-state index >= 15 is 0 Å². The summed E-state index contributed by atoms with van der Waals surface area (Å²) in [7, 11) is 0. The molecule has 0 aromatic heterocycles. The zero-order valence-electron chi connectivity index (χ0n) is 8.14. The van der Waals surface area contributed by atoms with Crippen molar-refractivity contribution < 1.29 is 18.6 Å². The largest absolute Gasteiger partial charge is 0.386 e.